The second-order valence-corrected chi connectivity index (χ2v) is 5.04. The molecule has 2 rings (SSSR count). The van der Waals surface area contributed by atoms with Gasteiger partial charge < -0.3 is 15.2 Å². The molecule has 118 valence electrons. The standard InChI is InChI=1S/C19H19NO3/c1-15-13-16(10-11-18(15)21)7-5-6-12-20-19(22)23-14-17-8-3-2-4-9-17/h2-4,8-11,13,21H,6,12,14H2,1H3,(H,20,22). The van der Waals surface area contributed by atoms with Crippen LogP contribution in [0.2, 0.25) is 0 Å². The molecule has 0 unspecified atom stereocenters. The largest absolute Gasteiger partial charge is 0.508 e. The summed E-state index contributed by atoms with van der Waals surface area (Å²) < 4.78 is 5.10. The molecular formula is C19H19NO3. The number of nitrogens with one attached hydrogen (secondary N) is 1. The van der Waals surface area contributed by atoms with Gasteiger partial charge in [0.05, 0.1) is 0 Å². The lowest BCUT2D eigenvalue weighted by atomic mass is 10.1. The van der Waals surface area contributed by atoms with Gasteiger partial charge in [-0.15, -0.1) is 0 Å². The maximum absolute atomic E-state index is 11.5. The molecular weight excluding hydrogens is 290 g/mol. The Morgan fingerprint density at radius 2 is 2.00 bits per heavy atom. The summed E-state index contributed by atoms with van der Waals surface area (Å²) in [4.78, 5) is 11.5. The molecule has 23 heavy (non-hydrogen) atoms. The van der Waals surface area contributed by atoms with Crippen molar-refractivity contribution in [2.24, 2.45) is 0 Å². The summed E-state index contributed by atoms with van der Waals surface area (Å²) in [5, 5.41) is 12.1. The van der Waals surface area contributed by atoms with Crippen LogP contribution in [0, 0.1) is 18.8 Å². The molecule has 0 aliphatic rings. The van der Waals surface area contributed by atoms with Crippen LogP contribution in [0.3, 0.4) is 0 Å². The number of alkyl carbamates (subject to hydrolysis) is 1. The van der Waals surface area contributed by atoms with Crippen molar-refractivity contribution in [3.05, 3.63) is 65.2 Å². The van der Waals surface area contributed by atoms with E-state index >= 15 is 0 Å². The zero-order valence-corrected chi connectivity index (χ0v) is 13.0. The number of amides is 1. The van der Waals surface area contributed by atoms with E-state index in [-0.39, 0.29) is 12.4 Å². The van der Waals surface area contributed by atoms with Gasteiger partial charge in [-0.1, -0.05) is 42.2 Å². The Kier molecular flexibility index (Phi) is 6.07. The maximum atomic E-state index is 11.5. The predicted octanol–water partition coefficient (Wildman–Crippen LogP) is 3.37. The summed E-state index contributed by atoms with van der Waals surface area (Å²) in [6.45, 7) is 2.51. The normalized spacial score (nSPS) is 9.61. The lowest BCUT2D eigenvalue weighted by molar-refractivity contribution is 0.140. The molecule has 0 radical (unpaired) electrons. The zero-order valence-electron chi connectivity index (χ0n) is 13.0. The number of ether oxygens (including phenoxy) is 1. The van der Waals surface area contributed by atoms with E-state index in [0.29, 0.717) is 13.0 Å². The Hall–Kier alpha value is -2.93. The smallest absolute Gasteiger partial charge is 0.407 e. The van der Waals surface area contributed by atoms with E-state index in [0.717, 1.165) is 16.7 Å². The Morgan fingerprint density at radius 1 is 1.22 bits per heavy atom. The van der Waals surface area contributed by atoms with E-state index in [1.165, 1.54) is 0 Å². The fourth-order valence-electron chi connectivity index (χ4n) is 1.90. The first-order valence-electron chi connectivity index (χ1n) is 7.38. The molecule has 0 heterocycles. The molecule has 0 bridgehead atoms. The van der Waals surface area contributed by atoms with Crippen molar-refractivity contribution in [3.63, 3.8) is 0 Å². The minimum atomic E-state index is -0.448. The van der Waals surface area contributed by atoms with Gasteiger partial charge in [0, 0.05) is 18.5 Å². The van der Waals surface area contributed by atoms with Crippen LogP contribution >= 0.6 is 0 Å². The highest BCUT2D eigenvalue weighted by Crippen LogP contribution is 2.16. The van der Waals surface area contributed by atoms with Crippen molar-refractivity contribution >= 4 is 6.09 Å². The van der Waals surface area contributed by atoms with Crippen LogP contribution in [0.1, 0.15) is 23.1 Å². The van der Waals surface area contributed by atoms with Crippen LogP contribution in [0.15, 0.2) is 48.5 Å². The molecule has 4 nitrogen and oxygen atoms in total. The van der Waals surface area contributed by atoms with Gasteiger partial charge in [-0.25, -0.2) is 4.79 Å². The van der Waals surface area contributed by atoms with Crippen molar-refractivity contribution in [1.82, 2.24) is 5.32 Å². The predicted molar refractivity (Wildman–Crippen MR) is 89.0 cm³/mol. The van der Waals surface area contributed by atoms with E-state index in [1.54, 1.807) is 12.1 Å². The van der Waals surface area contributed by atoms with Gasteiger partial charge in [0.1, 0.15) is 12.4 Å². The summed E-state index contributed by atoms with van der Waals surface area (Å²) in [6.07, 6.45) is 0.0801. The zero-order chi connectivity index (χ0) is 16.5. The average molecular weight is 309 g/mol. The van der Waals surface area contributed by atoms with E-state index in [1.807, 2.05) is 43.3 Å². The molecule has 0 saturated heterocycles. The number of phenolic OH excluding ortho intramolecular Hbond substituents is 1. The molecule has 0 spiro atoms. The van der Waals surface area contributed by atoms with Crippen molar-refractivity contribution in [1.29, 1.82) is 0 Å². The highest BCUT2D eigenvalue weighted by atomic mass is 16.5. The number of hydrogen-bond donors (Lipinski definition) is 2. The van der Waals surface area contributed by atoms with Crippen molar-refractivity contribution in [2.75, 3.05) is 6.54 Å². The van der Waals surface area contributed by atoms with Gasteiger partial charge in [-0.2, -0.15) is 0 Å². The lowest BCUT2D eigenvalue weighted by Gasteiger charge is -2.05. The Labute approximate surface area is 136 Å². The Bertz CT molecular complexity index is 714. The van der Waals surface area contributed by atoms with Crippen molar-refractivity contribution < 1.29 is 14.6 Å². The Balaban J connectivity index is 1.68. The van der Waals surface area contributed by atoms with Crippen molar-refractivity contribution in [3.8, 4) is 17.6 Å². The van der Waals surface area contributed by atoms with E-state index in [9.17, 15) is 9.90 Å². The molecule has 2 aromatic rings. The third-order valence-electron chi connectivity index (χ3n) is 3.16. The van der Waals surface area contributed by atoms with Gasteiger partial charge in [0.15, 0.2) is 0 Å². The number of aromatic hydroxyl groups is 1. The minimum Gasteiger partial charge on any atom is -0.508 e. The third-order valence-corrected chi connectivity index (χ3v) is 3.16. The number of benzene rings is 2. The van der Waals surface area contributed by atoms with Crippen LogP contribution in [-0.4, -0.2) is 17.7 Å². The average Bonchev–Trinajstić information content (AvgIpc) is 2.57. The van der Waals surface area contributed by atoms with Gasteiger partial charge in [0.25, 0.3) is 0 Å². The molecule has 0 aromatic heterocycles. The minimum absolute atomic E-state index is 0.255. The molecule has 4 heteroatoms. The van der Waals surface area contributed by atoms with Gasteiger partial charge in [-0.05, 0) is 36.2 Å². The molecule has 0 atom stereocenters. The van der Waals surface area contributed by atoms with Crippen LogP contribution in [0.4, 0.5) is 4.79 Å². The second kappa shape index (κ2) is 8.50. The number of carbonyl (C=O) groups excluding carboxylic acids is 1. The highest BCUT2D eigenvalue weighted by Gasteiger charge is 2.00. The van der Waals surface area contributed by atoms with E-state index in [2.05, 4.69) is 17.2 Å². The summed E-state index contributed by atoms with van der Waals surface area (Å²) >= 11 is 0. The Morgan fingerprint density at radius 3 is 2.74 bits per heavy atom. The number of phenols is 1. The molecule has 0 aliphatic heterocycles. The molecule has 0 saturated carbocycles. The summed E-state index contributed by atoms with van der Waals surface area (Å²) in [6, 6.07) is 14.7. The van der Waals surface area contributed by atoms with Gasteiger partial charge >= 0.3 is 6.09 Å². The van der Waals surface area contributed by atoms with Crippen LogP contribution in [0.5, 0.6) is 5.75 Å². The topological polar surface area (TPSA) is 58.6 Å². The molecule has 2 aromatic carbocycles. The fraction of sp³-hybridized carbons (Fsp3) is 0.211. The third kappa shape index (κ3) is 5.76. The number of aryl methyl sites for hydroxylation is 1. The second-order valence-electron chi connectivity index (χ2n) is 5.04. The first-order valence-corrected chi connectivity index (χ1v) is 7.38. The number of hydrogen-bond acceptors (Lipinski definition) is 3. The van der Waals surface area contributed by atoms with Gasteiger partial charge in [0.2, 0.25) is 0 Å². The van der Waals surface area contributed by atoms with Crippen LogP contribution in [0.25, 0.3) is 0 Å². The molecule has 1 amide bonds. The first-order chi connectivity index (χ1) is 11.1. The quantitative estimate of drug-likeness (QED) is 0.672. The molecule has 2 N–H and O–H groups in total. The summed E-state index contributed by atoms with van der Waals surface area (Å²) in [5.74, 6) is 6.23. The van der Waals surface area contributed by atoms with Crippen LogP contribution < -0.4 is 5.32 Å². The van der Waals surface area contributed by atoms with E-state index in [4.69, 9.17) is 4.74 Å². The maximum Gasteiger partial charge on any atom is 0.407 e. The summed E-state index contributed by atoms with van der Waals surface area (Å²) in [7, 11) is 0. The SMILES string of the molecule is Cc1cc(C#CCCNC(=O)OCc2ccccc2)ccc1O. The van der Waals surface area contributed by atoms with E-state index < -0.39 is 6.09 Å². The van der Waals surface area contributed by atoms with Crippen LogP contribution in [-0.2, 0) is 11.3 Å². The number of carbonyl (C=O) groups is 1. The monoisotopic (exact) mass is 309 g/mol. The first kappa shape index (κ1) is 16.4. The fourth-order valence-corrected chi connectivity index (χ4v) is 1.90. The molecule has 0 fully saturated rings. The molecule has 0 aliphatic carbocycles. The van der Waals surface area contributed by atoms with Gasteiger partial charge in [-0.3, -0.25) is 0 Å². The lowest BCUT2D eigenvalue weighted by Crippen LogP contribution is -2.24. The highest BCUT2D eigenvalue weighted by molar-refractivity contribution is 5.67. The van der Waals surface area contributed by atoms with Crippen molar-refractivity contribution in [2.45, 2.75) is 20.0 Å². The number of rotatable bonds is 4. The summed E-state index contributed by atoms with van der Waals surface area (Å²) in [5.41, 5.74) is 2.58.